The van der Waals surface area contributed by atoms with Gasteiger partial charge in [0.25, 0.3) is 0 Å². The summed E-state index contributed by atoms with van der Waals surface area (Å²) in [6.07, 6.45) is 0. The van der Waals surface area contributed by atoms with Gasteiger partial charge in [0, 0.05) is 24.3 Å². The number of aromatic nitrogens is 1. The summed E-state index contributed by atoms with van der Waals surface area (Å²) in [6, 6.07) is 15.4. The number of hydrogen-bond acceptors (Lipinski definition) is 7. The van der Waals surface area contributed by atoms with E-state index in [4.69, 9.17) is 9.15 Å². The summed E-state index contributed by atoms with van der Waals surface area (Å²) in [5.74, 6) is 1.13. The van der Waals surface area contributed by atoms with Crippen LogP contribution in [-0.2, 0) is 10.0 Å². The first kappa shape index (κ1) is 21.4. The quantitative estimate of drug-likeness (QED) is 0.580. The number of ether oxygens (including phenoxy) is 1. The van der Waals surface area contributed by atoms with Crippen LogP contribution >= 0.6 is 0 Å². The molecule has 0 spiro atoms. The molecule has 2 aromatic carbocycles. The second kappa shape index (κ2) is 8.98. The van der Waals surface area contributed by atoms with Crippen LogP contribution in [0.4, 0.5) is 11.6 Å². The third-order valence-electron chi connectivity index (χ3n) is 4.53. The molecule has 0 atom stereocenters. The number of oxazole rings is 1. The van der Waals surface area contributed by atoms with Crippen molar-refractivity contribution >= 4 is 21.6 Å². The predicted molar refractivity (Wildman–Crippen MR) is 113 cm³/mol. The van der Waals surface area contributed by atoms with Gasteiger partial charge in [-0.3, -0.25) is 0 Å². The first-order valence-electron chi connectivity index (χ1n) is 9.35. The Hall–Kier alpha value is -3.35. The highest BCUT2D eigenvalue weighted by Gasteiger charge is 2.22. The lowest BCUT2D eigenvalue weighted by atomic mass is 10.2. The molecule has 0 aliphatic carbocycles. The third-order valence-corrected chi connectivity index (χ3v) is 6.59. The van der Waals surface area contributed by atoms with Crippen molar-refractivity contribution in [1.82, 2.24) is 9.29 Å². The average Bonchev–Trinajstić information content (AvgIpc) is 3.18. The van der Waals surface area contributed by atoms with Gasteiger partial charge in [-0.15, -0.1) is 0 Å². The minimum Gasteiger partial charge on any atom is -0.497 e. The first-order chi connectivity index (χ1) is 14.4. The Balaban J connectivity index is 1.87. The second-order valence-electron chi connectivity index (χ2n) is 6.28. The largest absolute Gasteiger partial charge is 0.497 e. The maximum absolute atomic E-state index is 12.6. The van der Waals surface area contributed by atoms with Gasteiger partial charge in [-0.05, 0) is 48.5 Å². The molecule has 3 rings (SSSR count). The number of hydrogen-bond donors (Lipinski definition) is 1. The van der Waals surface area contributed by atoms with Crippen molar-refractivity contribution in [3.63, 3.8) is 0 Å². The molecule has 0 bridgehead atoms. The molecule has 30 heavy (non-hydrogen) atoms. The van der Waals surface area contributed by atoms with Crippen LogP contribution in [0.25, 0.3) is 11.5 Å². The number of nitrogens with one attached hydrogen (secondary N) is 1. The molecule has 0 amide bonds. The molecule has 0 saturated carbocycles. The van der Waals surface area contributed by atoms with Gasteiger partial charge < -0.3 is 14.5 Å². The summed E-state index contributed by atoms with van der Waals surface area (Å²) in [5.41, 5.74) is 1.36. The lowest BCUT2D eigenvalue weighted by Gasteiger charge is -2.18. The van der Waals surface area contributed by atoms with Crippen molar-refractivity contribution in [3.05, 3.63) is 54.2 Å². The Morgan fingerprint density at radius 2 is 1.73 bits per heavy atom. The van der Waals surface area contributed by atoms with Crippen molar-refractivity contribution in [2.75, 3.05) is 25.5 Å². The molecule has 0 saturated heterocycles. The Bertz CT molecular complexity index is 1140. The Labute approximate surface area is 175 Å². The lowest BCUT2D eigenvalue weighted by Crippen LogP contribution is -2.30. The van der Waals surface area contributed by atoms with E-state index in [-0.39, 0.29) is 22.4 Å². The summed E-state index contributed by atoms with van der Waals surface area (Å²) >= 11 is 0. The highest BCUT2D eigenvalue weighted by atomic mass is 32.2. The minimum atomic E-state index is -3.55. The third kappa shape index (κ3) is 4.30. The second-order valence-corrected chi connectivity index (χ2v) is 8.21. The van der Waals surface area contributed by atoms with Gasteiger partial charge in [-0.25, -0.2) is 8.42 Å². The fourth-order valence-electron chi connectivity index (χ4n) is 2.89. The van der Waals surface area contributed by atoms with Crippen LogP contribution in [-0.4, -0.2) is 37.9 Å². The van der Waals surface area contributed by atoms with Crippen LogP contribution < -0.4 is 10.1 Å². The molecule has 8 nitrogen and oxygen atoms in total. The van der Waals surface area contributed by atoms with E-state index in [2.05, 4.69) is 10.3 Å². The van der Waals surface area contributed by atoms with Crippen molar-refractivity contribution in [2.24, 2.45) is 0 Å². The van der Waals surface area contributed by atoms with Gasteiger partial charge in [0.15, 0.2) is 0 Å². The van der Waals surface area contributed by atoms with Crippen molar-refractivity contribution in [3.8, 4) is 23.3 Å². The van der Waals surface area contributed by atoms with E-state index in [0.717, 1.165) is 0 Å². The number of rotatable bonds is 8. The van der Waals surface area contributed by atoms with Gasteiger partial charge in [0.1, 0.15) is 11.8 Å². The number of benzene rings is 2. The fourth-order valence-corrected chi connectivity index (χ4v) is 4.35. The molecule has 1 aromatic heterocycles. The first-order valence-corrected chi connectivity index (χ1v) is 10.8. The van der Waals surface area contributed by atoms with E-state index in [1.54, 1.807) is 57.4 Å². The van der Waals surface area contributed by atoms with E-state index < -0.39 is 10.0 Å². The Morgan fingerprint density at radius 1 is 1.10 bits per heavy atom. The van der Waals surface area contributed by atoms with E-state index >= 15 is 0 Å². The van der Waals surface area contributed by atoms with Gasteiger partial charge in [-0.2, -0.15) is 14.6 Å². The zero-order chi connectivity index (χ0) is 21.7. The van der Waals surface area contributed by atoms with Crippen molar-refractivity contribution < 1.29 is 17.6 Å². The SMILES string of the molecule is CCN(CC)S(=O)(=O)c1ccc(-c2nc(C#N)c(Nc3ccc(OC)cc3)o2)cc1. The van der Waals surface area contributed by atoms with Gasteiger partial charge in [0.05, 0.1) is 12.0 Å². The minimum absolute atomic E-state index is 0.0978. The number of sulfonamides is 1. The summed E-state index contributed by atoms with van der Waals surface area (Å²) in [4.78, 5) is 4.41. The predicted octanol–water partition coefficient (Wildman–Crippen LogP) is 4.00. The topological polar surface area (TPSA) is 108 Å². The van der Waals surface area contributed by atoms with E-state index in [0.29, 0.717) is 30.1 Å². The van der Waals surface area contributed by atoms with E-state index in [1.807, 2.05) is 6.07 Å². The number of methoxy groups -OCH3 is 1. The number of nitriles is 1. The molecule has 3 aromatic rings. The Kier molecular flexibility index (Phi) is 6.40. The van der Waals surface area contributed by atoms with E-state index in [1.165, 1.54) is 16.4 Å². The van der Waals surface area contributed by atoms with Crippen molar-refractivity contribution in [1.29, 1.82) is 5.26 Å². The summed E-state index contributed by atoms with van der Waals surface area (Å²) < 4.78 is 37.5. The molecule has 9 heteroatoms. The number of anilines is 2. The van der Waals surface area contributed by atoms with Crippen LogP contribution in [0, 0.1) is 11.3 Å². The maximum atomic E-state index is 12.6. The molecule has 1 N–H and O–H groups in total. The van der Waals surface area contributed by atoms with Crippen LogP contribution in [0.15, 0.2) is 57.8 Å². The van der Waals surface area contributed by atoms with Gasteiger partial charge in [0.2, 0.25) is 27.5 Å². The molecule has 0 aliphatic heterocycles. The van der Waals surface area contributed by atoms with Crippen LogP contribution in [0.3, 0.4) is 0 Å². The fraction of sp³-hybridized carbons (Fsp3) is 0.238. The zero-order valence-corrected chi connectivity index (χ0v) is 17.7. The normalized spacial score (nSPS) is 11.3. The van der Waals surface area contributed by atoms with E-state index in [9.17, 15) is 13.7 Å². The molecule has 1 heterocycles. The van der Waals surface area contributed by atoms with Crippen LogP contribution in [0.5, 0.6) is 5.75 Å². The summed E-state index contributed by atoms with van der Waals surface area (Å²) in [5, 5.41) is 12.4. The highest BCUT2D eigenvalue weighted by molar-refractivity contribution is 7.89. The standard InChI is InChI=1S/C21H22N4O4S/c1-4-25(5-2)30(26,27)18-12-6-15(7-13-18)20-24-19(14-22)21(29-20)23-16-8-10-17(28-3)11-9-16/h6-13,23H,4-5H2,1-3H3. The van der Waals surface area contributed by atoms with Crippen LogP contribution in [0.2, 0.25) is 0 Å². The summed E-state index contributed by atoms with van der Waals surface area (Å²) in [6.45, 7) is 4.38. The highest BCUT2D eigenvalue weighted by Crippen LogP contribution is 2.29. The molecule has 0 unspecified atom stereocenters. The smallest absolute Gasteiger partial charge is 0.243 e. The molecule has 0 radical (unpaired) electrons. The Morgan fingerprint density at radius 3 is 2.27 bits per heavy atom. The maximum Gasteiger partial charge on any atom is 0.243 e. The van der Waals surface area contributed by atoms with Gasteiger partial charge in [-0.1, -0.05) is 13.8 Å². The molecular weight excluding hydrogens is 404 g/mol. The number of nitrogens with zero attached hydrogens (tertiary/aromatic N) is 3. The lowest BCUT2D eigenvalue weighted by molar-refractivity contribution is 0.415. The summed E-state index contributed by atoms with van der Waals surface area (Å²) in [7, 11) is -1.97. The molecule has 0 aliphatic rings. The molecule has 156 valence electrons. The van der Waals surface area contributed by atoms with Crippen molar-refractivity contribution in [2.45, 2.75) is 18.7 Å². The average molecular weight is 426 g/mol. The monoisotopic (exact) mass is 426 g/mol. The zero-order valence-electron chi connectivity index (χ0n) is 16.9. The molecular formula is C21H22N4O4S. The molecule has 0 fully saturated rings. The van der Waals surface area contributed by atoms with Gasteiger partial charge >= 0.3 is 0 Å². The van der Waals surface area contributed by atoms with Crippen LogP contribution in [0.1, 0.15) is 19.5 Å².